The zero-order chi connectivity index (χ0) is 17.6. The summed E-state index contributed by atoms with van der Waals surface area (Å²) in [5, 5.41) is 6.10. The van der Waals surface area contributed by atoms with Crippen LogP contribution in [0.3, 0.4) is 0 Å². The summed E-state index contributed by atoms with van der Waals surface area (Å²) in [6.07, 6.45) is 0. The van der Waals surface area contributed by atoms with E-state index < -0.39 is 0 Å². The lowest BCUT2D eigenvalue weighted by Gasteiger charge is -2.25. The molecular weight excluding hydrogens is 324 g/mol. The molecule has 1 saturated heterocycles. The van der Waals surface area contributed by atoms with Crippen molar-refractivity contribution >= 4 is 34.2 Å². The van der Waals surface area contributed by atoms with Crippen LogP contribution in [-0.2, 0) is 9.59 Å². The van der Waals surface area contributed by atoms with Crippen molar-refractivity contribution in [3.63, 3.8) is 0 Å². The van der Waals surface area contributed by atoms with E-state index in [2.05, 4.69) is 23.6 Å². The quantitative estimate of drug-likeness (QED) is 0.726. The van der Waals surface area contributed by atoms with Gasteiger partial charge in [0.15, 0.2) is 0 Å². The van der Waals surface area contributed by atoms with Crippen molar-refractivity contribution in [1.82, 2.24) is 5.32 Å². The molecule has 6 rings (SSSR count). The van der Waals surface area contributed by atoms with Gasteiger partial charge in [-0.15, -0.1) is 0 Å². The highest BCUT2D eigenvalue weighted by molar-refractivity contribution is 6.35. The van der Waals surface area contributed by atoms with E-state index in [1.165, 1.54) is 0 Å². The maximum absolute atomic E-state index is 12.7. The van der Waals surface area contributed by atoms with Crippen LogP contribution >= 0.6 is 0 Å². The van der Waals surface area contributed by atoms with Crippen LogP contribution < -0.4 is 10.6 Å². The molecule has 2 aliphatic heterocycles. The maximum atomic E-state index is 12.7. The third-order valence-electron chi connectivity index (χ3n) is 5.82. The standard InChI is InChI=1S/C22H14N2O2/c1-10-11-6-2-3-7-12(11)16-15(10)20-17(13-8-4-5-9-14(13)23-20)19-18(16)21(25)24-22(19)26/h2-9,20,23H,1H3,(H,24,25,26). The van der Waals surface area contributed by atoms with Crippen molar-refractivity contribution < 1.29 is 9.59 Å². The number of allylic oxidation sites excluding steroid dienone is 1. The topological polar surface area (TPSA) is 58.2 Å². The first kappa shape index (κ1) is 13.8. The highest BCUT2D eigenvalue weighted by atomic mass is 16.2. The predicted octanol–water partition coefficient (Wildman–Crippen LogP) is 3.15. The number of amides is 2. The monoisotopic (exact) mass is 338 g/mol. The van der Waals surface area contributed by atoms with Gasteiger partial charge in [0, 0.05) is 22.4 Å². The molecule has 1 atom stereocenters. The summed E-state index contributed by atoms with van der Waals surface area (Å²) in [6.45, 7) is 2.10. The van der Waals surface area contributed by atoms with Crippen LogP contribution in [0.15, 0.2) is 65.3 Å². The molecule has 0 saturated carbocycles. The van der Waals surface area contributed by atoms with Crippen LogP contribution in [-0.4, -0.2) is 17.9 Å². The van der Waals surface area contributed by atoms with Gasteiger partial charge in [-0.05, 0) is 35.3 Å². The van der Waals surface area contributed by atoms with Crippen LogP contribution in [0.25, 0.3) is 16.7 Å². The van der Waals surface area contributed by atoms with Crippen LogP contribution in [0.2, 0.25) is 0 Å². The van der Waals surface area contributed by atoms with E-state index in [-0.39, 0.29) is 17.9 Å². The zero-order valence-corrected chi connectivity index (χ0v) is 14.0. The van der Waals surface area contributed by atoms with Crippen molar-refractivity contribution in [2.24, 2.45) is 0 Å². The number of imide groups is 1. The summed E-state index contributed by atoms with van der Waals surface area (Å²) >= 11 is 0. The summed E-state index contributed by atoms with van der Waals surface area (Å²) in [4.78, 5) is 25.4. The Kier molecular flexibility index (Phi) is 2.35. The van der Waals surface area contributed by atoms with Gasteiger partial charge < -0.3 is 5.32 Å². The molecule has 4 heteroatoms. The fraction of sp³-hybridized carbons (Fsp3) is 0.0909. The number of hydrogen-bond donors (Lipinski definition) is 2. The van der Waals surface area contributed by atoms with Crippen LogP contribution in [0, 0.1) is 0 Å². The van der Waals surface area contributed by atoms with Crippen molar-refractivity contribution in [1.29, 1.82) is 0 Å². The minimum absolute atomic E-state index is 0.106. The molecule has 2 aliphatic carbocycles. The van der Waals surface area contributed by atoms with E-state index in [1.54, 1.807) is 0 Å². The summed E-state index contributed by atoms with van der Waals surface area (Å²) in [5.74, 6) is -0.588. The van der Waals surface area contributed by atoms with Crippen LogP contribution in [0.4, 0.5) is 5.69 Å². The zero-order valence-electron chi connectivity index (χ0n) is 14.0. The smallest absolute Gasteiger partial charge is 0.259 e. The molecular formula is C22H14N2O2. The minimum atomic E-state index is -0.294. The fourth-order valence-electron chi connectivity index (χ4n) is 4.81. The van der Waals surface area contributed by atoms with Crippen molar-refractivity contribution in [3.8, 4) is 0 Å². The van der Waals surface area contributed by atoms with Gasteiger partial charge in [0.05, 0.1) is 17.2 Å². The van der Waals surface area contributed by atoms with Gasteiger partial charge in [0.2, 0.25) is 0 Å². The van der Waals surface area contributed by atoms with Crippen molar-refractivity contribution in [3.05, 3.63) is 81.9 Å². The van der Waals surface area contributed by atoms with Gasteiger partial charge in [-0.25, -0.2) is 0 Å². The molecule has 1 unspecified atom stereocenters. The average Bonchev–Trinajstić information content (AvgIpc) is 3.26. The summed E-state index contributed by atoms with van der Waals surface area (Å²) in [5.41, 5.74) is 9.34. The normalized spacial score (nSPS) is 22.0. The molecule has 2 amide bonds. The fourth-order valence-corrected chi connectivity index (χ4v) is 4.81. The second kappa shape index (κ2) is 4.41. The second-order valence-electron chi connectivity index (χ2n) is 7.03. The molecule has 2 heterocycles. The van der Waals surface area contributed by atoms with E-state index in [0.717, 1.165) is 44.7 Å². The predicted molar refractivity (Wildman–Crippen MR) is 99.9 cm³/mol. The first-order valence-electron chi connectivity index (χ1n) is 8.68. The molecule has 2 aromatic rings. The first-order chi connectivity index (χ1) is 12.7. The molecule has 124 valence electrons. The Morgan fingerprint density at radius 3 is 2.19 bits per heavy atom. The van der Waals surface area contributed by atoms with Crippen molar-refractivity contribution in [2.45, 2.75) is 13.0 Å². The third-order valence-corrected chi connectivity index (χ3v) is 5.82. The first-order valence-corrected chi connectivity index (χ1v) is 8.68. The Labute approximate surface area is 149 Å². The maximum Gasteiger partial charge on any atom is 0.259 e. The van der Waals surface area contributed by atoms with Crippen LogP contribution in [0.1, 0.15) is 23.6 Å². The number of nitrogens with one attached hydrogen (secondary N) is 2. The Bertz CT molecular complexity index is 1180. The summed E-state index contributed by atoms with van der Waals surface area (Å²) < 4.78 is 0. The van der Waals surface area contributed by atoms with E-state index in [1.807, 2.05) is 42.5 Å². The Morgan fingerprint density at radius 2 is 1.38 bits per heavy atom. The average molecular weight is 338 g/mol. The highest BCUT2D eigenvalue weighted by Gasteiger charge is 2.49. The van der Waals surface area contributed by atoms with Gasteiger partial charge in [0.1, 0.15) is 0 Å². The number of hydrogen-bond acceptors (Lipinski definition) is 3. The number of carbonyl (C=O) groups excluding carboxylic acids is 2. The Hall–Kier alpha value is -3.40. The number of carbonyl (C=O) groups is 2. The molecule has 0 spiro atoms. The lowest BCUT2D eigenvalue weighted by Crippen LogP contribution is -2.24. The van der Waals surface area contributed by atoms with E-state index in [9.17, 15) is 9.59 Å². The largest absolute Gasteiger partial charge is 0.374 e. The van der Waals surface area contributed by atoms with Gasteiger partial charge in [-0.3, -0.25) is 14.9 Å². The second-order valence-corrected chi connectivity index (χ2v) is 7.03. The van der Waals surface area contributed by atoms with Crippen LogP contribution in [0.5, 0.6) is 0 Å². The number of para-hydroxylation sites is 1. The SMILES string of the molecule is CC1=C2C(=C3C(=O)NC(=O)C3=C3c4ccccc4NC23)c2ccccc21. The van der Waals surface area contributed by atoms with E-state index in [0.29, 0.717) is 11.1 Å². The lowest BCUT2D eigenvalue weighted by atomic mass is 9.78. The lowest BCUT2D eigenvalue weighted by molar-refractivity contribution is -0.123. The summed E-state index contributed by atoms with van der Waals surface area (Å²) in [6, 6.07) is 16.0. The van der Waals surface area contributed by atoms with Crippen molar-refractivity contribution in [2.75, 3.05) is 5.32 Å². The molecule has 0 bridgehead atoms. The summed E-state index contributed by atoms with van der Waals surface area (Å²) in [7, 11) is 0. The van der Waals surface area contributed by atoms with Gasteiger partial charge in [-0.1, -0.05) is 42.5 Å². The highest BCUT2D eigenvalue weighted by Crippen LogP contribution is 2.56. The Morgan fingerprint density at radius 1 is 0.731 bits per heavy atom. The number of rotatable bonds is 0. The van der Waals surface area contributed by atoms with E-state index >= 15 is 0 Å². The molecule has 0 aromatic heterocycles. The number of benzene rings is 2. The number of anilines is 1. The molecule has 2 N–H and O–H groups in total. The van der Waals surface area contributed by atoms with Gasteiger partial charge >= 0.3 is 0 Å². The number of fused-ring (bicyclic) bond motifs is 8. The molecule has 1 fully saturated rings. The molecule has 4 aliphatic rings. The third kappa shape index (κ3) is 1.42. The molecule has 26 heavy (non-hydrogen) atoms. The Balaban J connectivity index is 1.78. The molecule has 2 aromatic carbocycles. The minimum Gasteiger partial charge on any atom is -0.374 e. The molecule has 0 radical (unpaired) electrons. The van der Waals surface area contributed by atoms with Gasteiger partial charge in [0.25, 0.3) is 11.8 Å². The molecule has 4 nitrogen and oxygen atoms in total. The van der Waals surface area contributed by atoms with Gasteiger partial charge in [-0.2, -0.15) is 0 Å². The van der Waals surface area contributed by atoms with E-state index in [4.69, 9.17) is 0 Å².